The van der Waals surface area contributed by atoms with Crippen LogP contribution in [0.1, 0.15) is 425 Å². The number of aliphatic hydroxyl groups is 5. The molecule has 0 aromatic carbocycles. The third-order valence-corrected chi connectivity index (χ3v) is 19.8. The maximum atomic E-state index is 13.0. The second-order valence-electron chi connectivity index (χ2n) is 28.8. The summed E-state index contributed by atoms with van der Waals surface area (Å²) in [6, 6.07) is -0.806. The zero-order valence-corrected chi connectivity index (χ0v) is 61.5. The standard InChI is InChI=1S/C82H157NO10/c1-3-5-7-9-11-13-15-16-17-18-41-44-47-50-54-58-62-66-70-78(87)91-71-67-63-59-55-51-48-45-42-39-37-35-33-31-29-27-25-23-21-19-20-22-24-26-28-30-32-34-36-38-40-43-46-49-53-57-61-65-69-77(86)83-74(73-92-82-81(90)80(89)79(88)76(72-84)93-82)75(85)68-64-60-56-52-14-12-10-8-6-4-2/h19,21,64,68,74-76,79-82,84-85,88-90H,3-18,20,22-63,65-67,69-73H2,1-2H3,(H,83,86)/b21-19-,68-64+. The van der Waals surface area contributed by atoms with Crippen LogP contribution in [0.15, 0.2) is 24.3 Å². The molecule has 1 aliphatic heterocycles. The van der Waals surface area contributed by atoms with Crippen molar-refractivity contribution < 1.29 is 49.3 Å². The Kier molecular flexibility index (Phi) is 68.5. The van der Waals surface area contributed by atoms with Gasteiger partial charge in [-0.1, -0.05) is 378 Å². The van der Waals surface area contributed by atoms with E-state index in [1.54, 1.807) is 6.08 Å². The van der Waals surface area contributed by atoms with Crippen LogP contribution in [0.3, 0.4) is 0 Å². The topological polar surface area (TPSA) is 175 Å². The van der Waals surface area contributed by atoms with Crippen molar-refractivity contribution >= 4 is 11.9 Å². The van der Waals surface area contributed by atoms with Gasteiger partial charge in [-0.3, -0.25) is 9.59 Å². The summed E-state index contributed by atoms with van der Waals surface area (Å²) < 4.78 is 16.8. The molecule has 0 aromatic rings. The van der Waals surface area contributed by atoms with E-state index in [0.717, 1.165) is 51.4 Å². The van der Waals surface area contributed by atoms with Gasteiger partial charge in [-0.25, -0.2) is 0 Å². The Bertz CT molecular complexity index is 1590. The van der Waals surface area contributed by atoms with Crippen LogP contribution in [0.2, 0.25) is 0 Å². The SMILES string of the molecule is CCCCCCCCCC/C=C/C(O)C(COC1OC(CO)C(O)C(O)C1O)NC(=O)CCCCCCCCCCCCCCCCCCC/C=C\CCCCCCCCCCCCCCCCCCOC(=O)CCCCCCCCCCCCCCCCCCCC. The number of allylic oxidation sites excluding steroid dienone is 3. The number of unbranched alkanes of at least 4 members (excludes halogenated alkanes) is 58. The predicted molar refractivity (Wildman–Crippen MR) is 394 cm³/mol. The number of nitrogens with one attached hydrogen (secondary N) is 1. The molecule has 1 aliphatic rings. The van der Waals surface area contributed by atoms with E-state index in [1.807, 2.05) is 6.08 Å². The summed E-state index contributed by atoms with van der Waals surface area (Å²) in [7, 11) is 0. The Morgan fingerprint density at radius 2 is 0.688 bits per heavy atom. The number of carbonyl (C=O) groups is 2. The highest BCUT2D eigenvalue weighted by molar-refractivity contribution is 5.76. The van der Waals surface area contributed by atoms with Gasteiger partial charge >= 0.3 is 5.97 Å². The van der Waals surface area contributed by atoms with Crippen molar-refractivity contribution in [2.45, 2.75) is 468 Å². The molecule has 550 valence electrons. The number of carbonyl (C=O) groups excluding carboxylic acids is 2. The Morgan fingerprint density at radius 1 is 0.387 bits per heavy atom. The van der Waals surface area contributed by atoms with Crippen molar-refractivity contribution in [2.24, 2.45) is 0 Å². The Morgan fingerprint density at radius 3 is 1.03 bits per heavy atom. The van der Waals surface area contributed by atoms with E-state index in [9.17, 15) is 35.1 Å². The first kappa shape index (κ1) is 89.2. The third-order valence-electron chi connectivity index (χ3n) is 19.8. The molecule has 1 heterocycles. The van der Waals surface area contributed by atoms with E-state index in [1.165, 1.54) is 347 Å². The quantitative estimate of drug-likeness (QED) is 0.0195. The van der Waals surface area contributed by atoms with Crippen LogP contribution in [0.25, 0.3) is 0 Å². The van der Waals surface area contributed by atoms with Crippen LogP contribution in [0, 0.1) is 0 Å². The van der Waals surface area contributed by atoms with Crippen molar-refractivity contribution in [3.63, 3.8) is 0 Å². The summed E-state index contributed by atoms with van der Waals surface area (Å²) in [6.07, 6.45) is 82.4. The number of amides is 1. The lowest BCUT2D eigenvalue weighted by molar-refractivity contribution is -0.302. The molecule has 11 nitrogen and oxygen atoms in total. The van der Waals surface area contributed by atoms with Crippen LogP contribution in [0.5, 0.6) is 0 Å². The van der Waals surface area contributed by atoms with Crippen LogP contribution in [-0.4, -0.2) is 100 Å². The molecule has 7 unspecified atom stereocenters. The molecule has 1 fully saturated rings. The maximum Gasteiger partial charge on any atom is 0.305 e. The first-order chi connectivity index (χ1) is 45.7. The van der Waals surface area contributed by atoms with Crippen LogP contribution >= 0.6 is 0 Å². The summed E-state index contributed by atoms with van der Waals surface area (Å²) in [5.74, 6) is -0.156. The normalized spacial score (nSPS) is 17.5. The maximum absolute atomic E-state index is 13.0. The highest BCUT2D eigenvalue weighted by atomic mass is 16.7. The van der Waals surface area contributed by atoms with Gasteiger partial charge in [-0.15, -0.1) is 0 Å². The van der Waals surface area contributed by atoms with Gasteiger partial charge in [0.25, 0.3) is 0 Å². The monoisotopic (exact) mass is 1320 g/mol. The number of rotatable bonds is 74. The molecule has 7 atom stereocenters. The minimum Gasteiger partial charge on any atom is -0.466 e. The fourth-order valence-electron chi connectivity index (χ4n) is 13.4. The van der Waals surface area contributed by atoms with E-state index < -0.39 is 49.5 Å². The number of esters is 1. The fourth-order valence-corrected chi connectivity index (χ4v) is 13.4. The van der Waals surface area contributed by atoms with E-state index in [4.69, 9.17) is 14.2 Å². The molecule has 0 aromatic heterocycles. The molecule has 0 saturated carbocycles. The summed E-state index contributed by atoms with van der Waals surface area (Å²) in [5, 5.41) is 54.4. The van der Waals surface area contributed by atoms with E-state index in [-0.39, 0.29) is 18.5 Å². The molecule has 1 saturated heterocycles. The van der Waals surface area contributed by atoms with Gasteiger partial charge in [0.05, 0.1) is 32.0 Å². The van der Waals surface area contributed by atoms with E-state index in [2.05, 4.69) is 31.3 Å². The smallest absolute Gasteiger partial charge is 0.305 e. The lowest BCUT2D eigenvalue weighted by atomic mass is 9.99. The van der Waals surface area contributed by atoms with Gasteiger partial charge < -0.3 is 45.1 Å². The van der Waals surface area contributed by atoms with Crippen molar-refractivity contribution in [3.8, 4) is 0 Å². The summed E-state index contributed by atoms with van der Waals surface area (Å²) >= 11 is 0. The average molecular weight is 1320 g/mol. The Labute approximate surface area is 575 Å². The highest BCUT2D eigenvalue weighted by Gasteiger charge is 2.44. The Balaban J connectivity index is 1.85. The van der Waals surface area contributed by atoms with Crippen LogP contribution in [0.4, 0.5) is 0 Å². The van der Waals surface area contributed by atoms with Gasteiger partial charge in [-0.2, -0.15) is 0 Å². The molecule has 0 spiro atoms. The molecule has 1 rings (SSSR count). The van der Waals surface area contributed by atoms with Gasteiger partial charge in [0, 0.05) is 12.8 Å². The molecule has 0 bridgehead atoms. The average Bonchev–Trinajstić information content (AvgIpc) is 0.939. The molecule has 93 heavy (non-hydrogen) atoms. The molecule has 0 aliphatic carbocycles. The van der Waals surface area contributed by atoms with Crippen LogP contribution in [-0.2, 0) is 23.8 Å². The zero-order valence-electron chi connectivity index (χ0n) is 61.5. The predicted octanol–water partition coefficient (Wildman–Crippen LogP) is 22.3. The molecular formula is C82H157NO10. The van der Waals surface area contributed by atoms with Crippen molar-refractivity contribution in [1.29, 1.82) is 0 Å². The highest BCUT2D eigenvalue weighted by Crippen LogP contribution is 2.24. The molecule has 6 N–H and O–H groups in total. The van der Waals surface area contributed by atoms with Crippen molar-refractivity contribution in [2.75, 3.05) is 19.8 Å². The minimum atomic E-state index is -1.57. The lowest BCUT2D eigenvalue weighted by Gasteiger charge is -2.40. The number of aliphatic hydroxyl groups excluding tert-OH is 5. The van der Waals surface area contributed by atoms with E-state index >= 15 is 0 Å². The summed E-state index contributed by atoms with van der Waals surface area (Å²) in [6.45, 7) is 4.39. The largest absolute Gasteiger partial charge is 0.466 e. The lowest BCUT2D eigenvalue weighted by Crippen LogP contribution is -2.60. The summed E-state index contributed by atoms with van der Waals surface area (Å²) in [4.78, 5) is 25.2. The first-order valence-corrected chi connectivity index (χ1v) is 41.1. The van der Waals surface area contributed by atoms with Gasteiger partial charge in [-0.05, 0) is 57.8 Å². The second kappa shape index (κ2) is 71.4. The first-order valence-electron chi connectivity index (χ1n) is 41.1. The number of ether oxygens (including phenoxy) is 3. The minimum absolute atomic E-state index is 0.0207. The molecule has 11 heteroatoms. The van der Waals surface area contributed by atoms with Gasteiger partial charge in [0.2, 0.25) is 5.91 Å². The van der Waals surface area contributed by atoms with Gasteiger partial charge in [0.1, 0.15) is 24.4 Å². The Hall–Kier alpha value is -1.86. The third kappa shape index (κ3) is 59.9. The molecular weight excluding hydrogens is 1160 g/mol. The second-order valence-corrected chi connectivity index (χ2v) is 28.8. The molecule has 1 amide bonds. The number of hydrogen-bond acceptors (Lipinski definition) is 10. The zero-order chi connectivity index (χ0) is 67.2. The van der Waals surface area contributed by atoms with Crippen molar-refractivity contribution in [1.82, 2.24) is 5.32 Å². The van der Waals surface area contributed by atoms with E-state index in [0.29, 0.717) is 19.4 Å². The van der Waals surface area contributed by atoms with Gasteiger partial charge in [0.15, 0.2) is 6.29 Å². The van der Waals surface area contributed by atoms with Crippen LogP contribution < -0.4 is 5.32 Å². The van der Waals surface area contributed by atoms with Crippen molar-refractivity contribution in [3.05, 3.63) is 24.3 Å². The molecule has 0 radical (unpaired) electrons. The number of hydrogen-bond donors (Lipinski definition) is 6. The summed E-state index contributed by atoms with van der Waals surface area (Å²) in [5.41, 5.74) is 0. The fraction of sp³-hybridized carbons (Fsp3) is 0.927.